The maximum atomic E-state index is 13.9. The summed E-state index contributed by atoms with van der Waals surface area (Å²) in [7, 11) is 0. The lowest BCUT2D eigenvalue weighted by Gasteiger charge is -2.34. The molecule has 0 spiro atoms. The largest absolute Gasteiger partial charge is 0.482 e. The molecule has 1 amide bonds. The second-order valence-corrected chi connectivity index (χ2v) is 9.96. The Labute approximate surface area is 204 Å². The molecule has 180 valence electrons. The number of ether oxygens (including phenoxy) is 3. The maximum Gasteiger partial charge on any atom is 0.273 e. The molecule has 2 unspecified atom stereocenters. The molecule has 1 saturated heterocycles. The lowest BCUT2D eigenvalue weighted by atomic mass is 10.1. The maximum absolute atomic E-state index is 13.9. The van der Waals surface area contributed by atoms with Crippen LogP contribution in [0.25, 0.3) is 10.2 Å². The van der Waals surface area contributed by atoms with Gasteiger partial charge in [0, 0.05) is 26.2 Å². The summed E-state index contributed by atoms with van der Waals surface area (Å²) in [4.78, 5) is 23.0. The average Bonchev–Trinajstić information content (AvgIpc) is 3.30. The lowest BCUT2D eigenvalue weighted by molar-refractivity contribution is -0.130. The van der Waals surface area contributed by atoms with E-state index in [0.717, 1.165) is 55.0 Å². The average molecular weight is 482 g/mol. The summed E-state index contributed by atoms with van der Waals surface area (Å²) < 4.78 is 18.8. The quantitative estimate of drug-likeness (QED) is 0.526. The van der Waals surface area contributed by atoms with Gasteiger partial charge in [-0.3, -0.25) is 14.6 Å². The van der Waals surface area contributed by atoms with Gasteiger partial charge in [0.05, 0.1) is 23.4 Å². The molecule has 1 aromatic heterocycles. The number of thiazole rings is 1. The van der Waals surface area contributed by atoms with Crippen LogP contribution in [0, 0.1) is 13.8 Å². The number of anilines is 1. The molecule has 3 heterocycles. The number of fused-ring (bicyclic) bond motifs is 2. The van der Waals surface area contributed by atoms with Crippen LogP contribution in [-0.2, 0) is 9.53 Å². The van der Waals surface area contributed by atoms with Crippen molar-refractivity contribution in [2.45, 2.75) is 39.4 Å². The van der Waals surface area contributed by atoms with Gasteiger partial charge in [-0.2, -0.15) is 0 Å². The first kappa shape index (κ1) is 23.1. The summed E-state index contributed by atoms with van der Waals surface area (Å²) in [6.07, 6.45) is -0.285. The fourth-order valence-corrected chi connectivity index (χ4v) is 5.63. The van der Waals surface area contributed by atoms with Crippen molar-refractivity contribution in [1.29, 1.82) is 0 Å². The van der Waals surface area contributed by atoms with Crippen LogP contribution in [0.5, 0.6) is 11.5 Å². The predicted molar refractivity (Wildman–Crippen MR) is 134 cm³/mol. The Morgan fingerprint density at radius 3 is 2.53 bits per heavy atom. The van der Waals surface area contributed by atoms with E-state index in [-0.39, 0.29) is 5.91 Å². The van der Waals surface area contributed by atoms with Gasteiger partial charge in [0.1, 0.15) is 6.10 Å². The first-order chi connectivity index (χ1) is 16.5. The predicted octanol–water partition coefficient (Wildman–Crippen LogP) is 4.20. The van der Waals surface area contributed by atoms with Crippen molar-refractivity contribution in [1.82, 2.24) is 9.88 Å². The second kappa shape index (κ2) is 9.90. The Bertz CT molecular complexity index is 1140. The minimum atomic E-state index is -0.729. The van der Waals surface area contributed by atoms with E-state index in [9.17, 15) is 4.79 Å². The zero-order valence-electron chi connectivity index (χ0n) is 20.0. The number of nitrogens with zero attached hydrogens (tertiary/aromatic N) is 3. The summed E-state index contributed by atoms with van der Waals surface area (Å²) >= 11 is 1.58. The van der Waals surface area contributed by atoms with E-state index in [2.05, 4.69) is 30.9 Å². The third kappa shape index (κ3) is 4.62. The van der Waals surface area contributed by atoms with Gasteiger partial charge in [0.25, 0.3) is 5.91 Å². The summed E-state index contributed by atoms with van der Waals surface area (Å²) in [5.74, 6) is 1.16. The molecule has 0 saturated carbocycles. The molecule has 7 nitrogen and oxygen atoms in total. The highest BCUT2D eigenvalue weighted by Gasteiger charge is 2.38. The van der Waals surface area contributed by atoms with Crippen molar-refractivity contribution in [3.05, 3.63) is 47.5 Å². The zero-order valence-corrected chi connectivity index (χ0v) is 20.8. The summed E-state index contributed by atoms with van der Waals surface area (Å²) in [6.45, 7) is 10.9. The Hall–Kier alpha value is -2.68. The highest BCUT2D eigenvalue weighted by Crippen LogP contribution is 2.37. The van der Waals surface area contributed by atoms with Crippen LogP contribution >= 0.6 is 11.3 Å². The van der Waals surface area contributed by atoms with E-state index in [4.69, 9.17) is 19.2 Å². The van der Waals surface area contributed by atoms with E-state index in [1.54, 1.807) is 11.3 Å². The molecule has 2 atom stereocenters. The zero-order chi connectivity index (χ0) is 23.7. The van der Waals surface area contributed by atoms with Crippen molar-refractivity contribution in [3.8, 4) is 11.5 Å². The van der Waals surface area contributed by atoms with Gasteiger partial charge in [-0.25, -0.2) is 4.98 Å². The van der Waals surface area contributed by atoms with E-state index in [0.29, 0.717) is 23.2 Å². The van der Waals surface area contributed by atoms with Gasteiger partial charge in [-0.15, -0.1) is 0 Å². The van der Waals surface area contributed by atoms with Gasteiger partial charge >= 0.3 is 0 Å². The molecule has 2 aromatic carbocycles. The normalized spacial score (nSPS) is 20.4. The Morgan fingerprint density at radius 2 is 1.79 bits per heavy atom. The third-order valence-electron chi connectivity index (χ3n) is 6.47. The molecule has 5 rings (SSSR count). The van der Waals surface area contributed by atoms with Crippen molar-refractivity contribution >= 4 is 32.6 Å². The molecule has 34 heavy (non-hydrogen) atoms. The van der Waals surface area contributed by atoms with Crippen LogP contribution in [0.2, 0.25) is 0 Å². The second-order valence-electron chi connectivity index (χ2n) is 8.98. The molecule has 0 radical (unpaired) electrons. The molecular weight excluding hydrogens is 450 g/mol. The summed E-state index contributed by atoms with van der Waals surface area (Å²) in [6, 6.07) is 11.7. The Balaban J connectivity index is 1.42. The highest BCUT2D eigenvalue weighted by molar-refractivity contribution is 7.22. The fourth-order valence-electron chi connectivity index (χ4n) is 4.49. The van der Waals surface area contributed by atoms with Crippen molar-refractivity contribution < 1.29 is 19.0 Å². The number of para-hydroxylation sites is 2. The molecule has 2 aliphatic heterocycles. The van der Waals surface area contributed by atoms with E-state index < -0.39 is 12.2 Å². The monoisotopic (exact) mass is 481 g/mol. The van der Waals surface area contributed by atoms with Gasteiger partial charge < -0.3 is 14.2 Å². The minimum absolute atomic E-state index is 0.113. The van der Waals surface area contributed by atoms with Crippen molar-refractivity contribution in [2.75, 3.05) is 44.3 Å². The third-order valence-corrected chi connectivity index (χ3v) is 7.69. The number of morpholine rings is 1. The topological polar surface area (TPSA) is 64.1 Å². The smallest absolute Gasteiger partial charge is 0.273 e. The van der Waals surface area contributed by atoms with Crippen molar-refractivity contribution in [2.24, 2.45) is 0 Å². The first-order valence-electron chi connectivity index (χ1n) is 11.9. The Kier molecular flexibility index (Phi) is 6.72. The van der Waals surface area contributed by atoms with Crippen LogP contribution in [0.4, 0.5) is 5.13 Å². The molecule has 0 N–H and O–H groups in total. The number of benzene rings is 2. The van der Waals surface area contributed by atoms with Crippen molar-refractivity contribution in [3.63, 3.8) is 0 Å². The van der Waals surface area contributed by atoms with Gasteiger partial charge in [-0.05, 0) is 50.5 Å². The number of aromatic nitrogens is 1. The summed E-state index contributed by atoms with van der Waals surface area (Å²) in [5, 5.41) is 0.717. The number of rotatable bonds is 6. The summed E-state index contributed by atoms with van der Waals surface area (Å²) in [5.41, 5.74) is 3.25. The number of carbonyl (C=O) groups is 1. The van der Waals surface area contributed by atoms with E-state index in [1.807, 2.05) is 36.1 Å². The highest BCUT2D eigenvalue weighted by atomic mass is 32.1. The van der Waals surface area contributed by atoms with Crippen LogP contribution in [-0.4, -0.2) is 67.4 Å². The molecule has 0 aliphatic carbocycles. The molecule has 3 aromatic rings. The van der Waals surface area contributed by atoms with Gasteiger partial charge in [0.2, 0.25) is 6.10 Å². The SMILES string of the molecule is Cc1ccc(C)c2sc(N(CCCN3CCOCC3)C(=O)C3Oc4ccccc4OC3C)nc12. The Morgan fingerprint density at radius 1 is 1.09 bits per heavy atom. The van der Waals surface area contributed by atoms with E-state index >= 15 is 0 Å². The van der Waals surface area contributed by atoms with E-state index in [1.165, 1.54) is 5.56 Å². The number of aryl methyl sites for hydroxylation is 2. The number of hydrogen-bond acceptors (Lipinski definition) is 7. The number of amides is 1. The molecule has 1 fully saturated rings. The van der Waals surface area contributed by atoms with Crippen LogP contribution in [0.3, 0.4) is 0 Å². The van der Waals surface area contributed by atoms with Gasteiger partial charge in [0.15, 0.2) is 16.6 Å². The van der Waals surface area contributed by atoms with Crippen LogP contribution < -0.4 is 14.4 Å². The minimum Gasteiger partial charge on any atom is -0.482 e. The fraction of sp³-hybridized carbons (Fsp3) is 0.462. The number of carbonyl (C=O) groups excluding carboxylic acids is 1. The molecule has 0 bridgehead atoms. The standard InChI is InChI=1S/C26H31N3O4S/c1-17-9-10-18(2)24-22(17)27-26(34-24)29(12-6-11-28-13-15-31-16-14-28)25(30)23-19(3)32-20-7-4-5-8-21(20)33-23/h4-5,7-10,19,23H,6,11-16H2,1-3H3. The first-order valence-corrected chi connectivity index (χ1v) is 12.7. The molecule has 8 heteroatoms. The number of hydrogen-bond donors (Lipinski definition) is 0. The molecular formula is C26H31N3O4S. The van der Waals surface area contributed by atoms with Crippen LogP contribution in [0.15, 0.2) is 36.4 Å². The van der Waals surface area contributed by atoms with Gasteiger partial charge in [-0.1, -0.05) is 35.6 Å². The lowest BCUT2D eigenvalue weighted by Crippen LogP contribution is -2.51. The molecule has 2 aliphatic rings. The van der Waals surface area contributed by atoms with Crippen LogP contribution in [0.1, 0.15) is 24.5 Å².